The van der Waals surface area contributed by atoms with Crippen LogP contribution in [-0.2, 0) is 9.59 Å². The molecule has 0 aliphatic carbocycles. The molecular weight excluding hydrogens is 368 g/mol. The molecule has 2 fully saturated rings. The lowest BCUT2D eigenvalue weighted by molar-refractivity contribution is -0.135. The van der Waals surface area contributed by atoms with E-state index < -0.39 is 11.1 Å². The van der Waals surface area contributed by atoms with Crippen LogP contribution in [0.5, 0.6) is 11.5 Å². The van der Waals surface area contributed by atoms with Gasteiger partial charge in [-0.15, -0.1) is 0 Å². The van der Waals surface area contributed by atoms with Crippen molar-refractivity contribution in [3.63, 3.8) is 0 Å². The molecule has 0 unspecified atom stereocenters. The van der Waals surface area contributed by atoms with Gasteiger partial charge in [0.25, 0.3) is 11.1 Å². The largest absolute Gasteiger partial charge is 0.493 e. The number of imide groups is 1. The van der Waals surface area contributed by atoms with Gasteiger partial charge in [0.2, 0.25) is 5.91 Å². The minimum Gasteiger partial charge on any atom is -0.493 e. The molecule has 27 heavy (non-hydrogen) atoms. The minimum atomic E-state index is -0.439. The van der Waals surface area contributed by atoms with Gasteiger partial charge in [-0.3, -0.25) is 19.3 Å². The molecule has 3 rings (SSSR count). The van der Waals surface area contributed by atoms with Crippen LogP contribution >= 0.6 is 11.8 Å². The van der Waals surface area contributed by atoms with Gasteiger partial charge in [-0.25, -0.2) is 0 Å². The van der Waals surface area contributed by atoms with Crippen molar-refractivity contribution in [1.29, 1.82) is 0 Å². The first-order valence-electron chi connectivity index (χ1n) is 8.87. The zero-order valence-electron chi connectivity index (χ0n) is 15.4. The standard InChI is InChI=1S/C19H22N2O5S/c1-3-26-14-7-6-13(10-15(14)25-2)11-16-18(23)21(19(24)27-16)12-17(22)20-8-4-5-9-20/h6-7,10-11H,3-5,8-9,12H2,1-2H3/b16-11+. The Morgan fingerprint density at radius 3 is 2.63 bits per heavy atom. The van der Waals surface area contributed by atoms with Gasteiger partial charge in [-0.2, -0.15) is 0 Å². The average molecular weight is 390 g/mol. The molecule has 0 bridgehead atoms. The van der Waals surface area contributed by atoms with E-state index in [9.17, 15) is 14.4 Å². The molecule has 2 aliphatic rings. The molecule has 144 valence electrons. The summed E-state index contributed by atoms with van der Waals surface area (Å²) >= 11 is 0.845. The summed E-state index contributed by atoms with van der Waals surface area (Å²) in [4.78, 5) is 40.1. The maximum Gasteiger partial charge on any atom is 0.294 e. The molecule has 8 heteroatoms. The zero-order valence-corrected chi connectivity index (χ0v) is 16.2. The average Bonchev–Trinajstić information content (AvgIpc) is 3.28. The second-order valence-electron chi connectivity index (χ2n) is 6.20. The summed E-state index contributed by atoms with van der Waals surface area (Å²) in [6.07, 6.45) is 3.56. The number of methoxy groups -OCH3 is 1. The van der Waals surface area contributed by atoms with Crippen molar-refractivity contribution in [3.05, 3.63) is 28.7 Å². The Labute approximate surface area is 162 Å². The molecule has 0 atom stereocenters. The number of nitrogens with zero attached hydrogens (tertiary/aromatic N) is 2. The number of carbonyl (C=O) groups is 3. The van der Waals surface area contributed by atoms with Gasteiger partial charge >= 0.3 is 0 Å². The summed E-state index contributed by atoms with van der Waals surface area (Å²) in [5, 5.41) is -0.420. The number of ether oxygens (including phenoxy) is 2. The van der Waals surface area contributed by atoms with Gasteiger partial charge in [0, 0.05) is 13.1 Å². The Hall–Kier alpha value is -2.48. The number of hydrogen-bond acceptors (Lipinski definition) is 6. The summed E-state index contributed by atoms with van der Waals surface area (Å²) in [5.74, 6) is 0.541. The van der Waals surface area contributed by atoms with Gasteiger partial charge in [-0.05, 0) is 55.3 Å². The SMILES string of the molecule is CCOc1ccc(/C=C2/SC(=O)N(CC(=O)N3CCCC3)C2=O)cc1OC. The van der Waals surface area contributed by atoms with Crippen LogP contribution in [0.4, 0.5) is 4.79 Å². The van der Waals surface area contributed by atoms with E-state index in [0.29, 0.717) is 41.7 Å². The third-order valence-electron chi connectivity index (χ3n) is 4.41. The number of thioether (sulfide) groups is 1. The highest BCUT2D eigenvalue weighted by molar-refractivity contribution is 8.18. The van der Waals surface area contributed by atoms with Crippen molar-refractivity contribution in [2.75, 3.05) is 33.4 Å². The first-order valence-corrected chi connectivity index (χ1v) is 9.69. The highest BCUT2D eigenvalue weighted by atomic mass is 32.2. The third-order valence-corrected chi connectivity index (χ3v) is 5.32. The predicted molar refractivity (Wildman–Crippen MR) is 103 cm³/mol. The lowest BCUT2D eigenvalue weighted by Crippen LogP contribution is -2.40. The monoisotopic (exact) mass is 390 g/mol. The molecule has 0 spiro atoms. The smallest absolute Gasteiger partial charge is 0.294 e. The Bertz CT molecular complexity index is 786. The van der Waals surface area contributed by atoms with Gasteiger partial charge in [0.05, 0.1) is 18.6 Å². The minimum absolute atomic E-state index is 0.182. The fraction of sp³-hybridized carbons (Fsp3) is 0.421. The fourth-order valence-corrected chi connectivity index (χ4v) is 3.88. The number of amides is 3. The van der Waals surface area contributed by atoms with Crippen molar-refractivity contribution in [2.45, 2.75) is 19.8 Å². The number of rotatable bonds is 6. The van der Waals surface area contributed by atoms with E-state index in [1.165, 1.54) is 0 Å². The molecule has 7 nitrogen and oxygen atoms in total. The van der Waals surface area contributed by atoms with Crippen molar-refractivity contribution in [2.24, 2.45) is 0 Å². The van der Waals surface area contributed by atoms with Crippen LogP contribution in [0.25, 0.3) is 6.08 Å². The van der Waals surface area contributed by atoms with Crippen molar-refractivity contribution < 1.29 is 23.9 Å². The van der Waals surface area contributed by atoms with Crippen LogP contribution in [0, 0.1) is 0 Å². The first-order chi connectivity index (χ1) is 13.0. The summed E-state index contributed by atoms with van der Waals surface area (Å²) in [6.45, 7) is 3.58. The van der Waals surface area contributed by atoms with E-state index in [1.807, 2.05) is 6.92 Å². The summed E-state index contributed by atoms with van der Waals surface area (Å²) < 4.78 is 10.8. The van der Waals surface area contributed by atoms with Gasteiger partial charge in [0.15, 0.2) is 11.5 Å². The molecule has 0 aromatic heterocycles. The molecule has 1 aromatic rings. The predicted octanol–water partition coefficient (Wildman–Crippen LogP) is 2.75. The van der Waals surface area contributed by atoms with E-state index in [-0.39, 0.29) is 12.5 Å². The number of likely N-dealkylation sites (tertiary alicyclic amines) is 1. The van der Waals surface area contributed by atoms with E-state index in [0.717, 1.165) is 29.5 Å². The van der Waals surface area contributed by atoms with Crippen LogP contribution in [0.2, 0.25) is 0 Å². The molecule has 3 amide bonds. The van der Waals surface area contributed by atoms with Crippen LogP contribution in [0.15, 0.2) is 23.1 Å². The van der Waals surface area contributed by atoms with Gasteiger partial charge < -0.3 is 14.4 Å². The Kier molecular flexibility index (Phi) is 6.05. The Balaban J connectivity index is 1.74. The highest BCUT2D eigenvalue weighted by Gasteiger charge is 2.37. The molecule has 0 saturated carbocycles. The zero-order chi connectivity index (χ0) is 19.4. The number of benzene rings is 1. The van der Waals surface area contributed by atoms with Crippen LogP contribution in [0.1, 0.15) is 25.3 Å². The lowest BCUT2D eigenvalue weighted by atomic mass is 10.2. The first kappa shape index (κ1) is 19.3. The molecular formula is C19H22N2O5S. The molecule has 1 aromatic carbocycles. The Morgan fingerprint density at radius 2 is 1.96 bits per heavy atom. The second kappa shape index (κ2) is 8.47. The lowest BCUT2D eigenvalue weighted by Gasteiger charge is -2.18. The van der Waals surface area contributed by atoms with Gasteiger partial charge in [-0.1, -0.05) is 6.07 Å². The summed E-state index contributed by atoms with van der Waals surface area (Å²) in [7, 11) is 1.54. The summed E-state index contributed by atoms with van der Waals surface area (Å²) in [5.41, 5.74) is 0.715. The highest BCUT2D eigenvalue weighted by Crippen LogP contribution is 2.34. The maximum absolute atomic E-state index is 12.6. The topological polar surface area (TPSA) is 76.2 Å². The maximum atomic E-state index is 12.6. The summed E-state index contributed by atoms with van der Waals surface area (Å²) in [6, 6.07) is 5.29. The van der Waals surface area contributed by atoms with E-state index in [4.69, 9.17) is 9.47 Å². The molecule has 0 N–H and O–H groups in total. The van der Waals surface area contributed by atoms with Gasteiger partial charge in [0.1, 0.15) is 6.54 Å². The fourth-order valence-electron chi connectivity index (χ4n) is 3.04. The van der Waals surface area contributed by atoms with Crippen LogP contribution in [-0.4, -0.2) is 60.2 Å². The van der Waals surface area contributed by atoms with Crippen molar-refractivity contribution in [1.82, 2.24) is 9.80 Å². The second-order valence-corrected chi connectivity index (χ2v) is 7.19. The van der Waals surface area contributed by atoms with Crippen molar-refractivity contribution in [3.8, 4) is 11.5 Å². The van der Waals surface area contributed by atoms with Crippen molar-refractivity contribution >= 4 is 34.9 Å². The number of carbonyl (C=O) groups excluding carboxylic acids is 3. The van der Waals surface area contributed by atoms with E-state index in [2.05, 4.69) is 0 Å². The third kappa shape index (κ3) is 4.27. The molecule has 0 radical (unpaired) electrons. The molecule has 2 saturated heterocycles. The number of hydrogen-bond donors (Lipinski definition) is 0. The molecule has 2 aliphatic heterocycles. The van der Waals surface area contributed by atoms with Crippen LogP contribution in [0.3, 0.4) is 0 Å². The Morgan fingerprint density at radius 1 is 1.22 bits per heavy atom. The normalized spacial score (nSPS) is 18.5. The van der Waals surface area contributed by atoms with Crippen LogP contribution < -0.4 is 9.47 Å². The van der Waals surface area contributed by atoms with E-state index >= 15 is 0 Å². The molecule has 2 heterocycles. The van der Waals surface area contributed by atoms with E-state index in [1.54, 1.807) is 36.3 Å². The quantitative estimate of drug-likeness (QED) is 0.695.